The van der Waals surface area contributed by atoms with Crippen LogP contribution in [0.4, 0.5) is 11.4 Å². The molecule has 0 radical (unpaired) electrons. The highest BCUT2D eigenvalue weighted by atomic mass is 32.2. The molecule has 2 heterocycles. The zero-order chi connectivity index (χ0) is 31.0. The Balaban J connectivity index is 0.934. The van der Waals surface area contributed by atoms with E-state index in [1.165, 1.54) is 43.4 Å². The summed E-state index contributed by atoms with van der Waals surface area (Å²) >= 11 is 3.73. The van der Waals surface area contributed by atoms with E-state index in [2.05, 4.69) is 153 Å². The van der Waals surface area contributed by atoms with Crippen LogP contribution >= 0.6 is 23.5 Å². The summed E-state index contributed by atoms with van der Waals surface area (Å²) in [6, 6.07) is 47.3. The van der Waals surface area contributed by atoms with Crippen LogP contribution in [-0.2, 0) is 24.6 Å². The molecule has 2 aliphatic heterocycles. The van der Waals surface area contributed by atoms with Gasteiger partial charge in [0.1, 0.15) is 26.0 Å². The summed E-state index contributed by atoms with van der Waals surface area (Å²) in [5.74, 6) is 1.88. The average Bonchev–Trinajstić information content (AvgIpc) is 3.78. The first kappa shape index (κ1) is 30.0. The molecule has 0 spiro atoms. The van der Waals surface area contributed by atoms with Gasteiger partial charge in [-0.25, -0.2) is 0 Å². The van der Waals surface area contributed by atoms with Gasteiger partial charge in [-0.3, -0.25) is 10.0 Å². The van der Waals surface area contributed by atoms with Gasteiger partial charge in [-0.2, -0.15) is 10.2 Å². The maximum absolute atomic E-state index is 4.75. The van der Waals surface area contributed by atoms with Crippen LogP contribution in [-0.4, -0.2) is 36.0 Å². The van der Waals surface area contributed by atoms with Crippen LogP contribution in [0.1, 0.15) is 22.3 Å². The first-order valence-electron chi connectivity index (χ1n) is 15.5. The molecule has 7 rings (SSSR count). The lowest BCUT2D eigenvalue weighted by molar-refractivity contribution is 0.305. The van der Waals surface area contributed by atoms with Gasteiger partial charge in [0.2, 0.25) is 0 Å². The lowest BCUT2D eigenvalue weighted by Gasteiger charge is -2.22. The maximum atomic E-state index is 4.75. The van der Waals surface area contributed by atoms with Gasteiger partial charge in [-0.15, -0.1) is 23.5 Å². The third kappa shape index (κ3) is 7.58. The molecule has 0 saturated carbocycles. The van der Waals surface area contributed by atoms with Crippen LogP contribution in [0.3, 0.4) is 0 Å². The zero-order valence-corrected chi connectivity index (χ0v) is 27.2. The van der Waals surface area contributed by atoms with Crippen molar-refractivity contribution < 1.29 is 0 Å². The van der Waals surface area contributed by atoms with Crippen LogP contribution in [0.25, 0.3) is 0 Å². The second-order valence-electron chi connectivity index (χ2n) is 11.3. The molecule has 5 aromatic rings. The van der Waals surface area contributed by atoms with E-state index in [1.807, 2.05) is 36.2 Å². The largest absolute Gasteiger partial charge is 0.310 e. The number of nitrogens with zero attached hydrogens (tertiary/aromatic N) is 6. The van der Waals surface area contributed by atoms with Crippen LogP contribution < -0.4 is 9.80 Å². The number of benzene rings is 5. The predicted octanol–water partition coefficient (Wildman–Crippen LogP) is 8.72. The molecule has 230 valence electrons. The molecule has 6 nitrogen and oxygen atoms in total. The molecular formula is C38H36N6S2. The minimum absolute atomic E-state index is 0.722. The molecular weight excluding hydrogens is 605 g/mol. The van der Waals surface area contributed by atoms with Crippen LogP contribution in [0, 0.1) is 0 Å². The number of hydrogen-bond acceptors (Lipinski definition) is 8. The third-order valence-corrected chi connectivity index (χ3v) is 10.2. The van der Waals surface area contributed by atoms with Gasteiger partial charge < -0.3 is 9.80 Å². The molecule has 5 aromatic carbocycles. The second-order valence-corrected chi connectivity index (χ2v) is 13.4. The highest BCUT2D eigenvalue weighted by Crippen LogP contribution is 2.34. The van der Waals surface area contributed by atoms with Gasteiger partial charge in [0.25, 0.3) is 0 Å². The summed E-state index contributed by atoms with van der Waals surface area (Å²) in [5, 5.41) is 13.7. The molecule has 0 amide bonds. The number of para-hydroxylation sites is 2. The topological polar surface area (TPSA) is 37.7 Å². The van der Waals surface area contributed by atoms with Crippen molar-refractivity contribution in [3.05, 3.63) is 156 Å². The van der Waals surface area contributed by atoms with Gasteiger partial charge in [0.15, 0.2) is 0 Å². The number of anilines is 2. The Hall–Kier alpha value is -4.66. The fraction of sp³-hybridized carbons (Fsp3) is 0.158. The number of hydrazone groups is 2. The number of hydrogen-bond donors (Lipinski definition) is 0. The molecule has 0 fully saturated rings. The van der Waals surface area contributed by atoms with Crippen molar-refractivity contribution in [2.24, 2.45) is 10.2 Å². The van der Waals surface area contributed by atoms with E-state index in [0.717, 1.165) is 37.9 Å². The standard InChI is InChI=1S/C38H36N6S2/c1-3-12-31(13-4-1)25-45-37-20-9-7-18-35(37)41-27-39-43(29-41)23-33-16-11-17-34(22-33)24-44-30-42(28-40-44)36-19-8-10-21-38(36)46-26-32-14-5-2-6-15-32/h1-22,27-28H,23-26,29-30H2. The normalized spacial score (nSPS) is 14.1. The van der Waals surface area contributed by atoms with E-state index in [4.69, 9.17) is 10.2 Å². The summed E-state index contributed by atoms with van der Waals surface area (Å²) in [5.41, 5.74) is 7.53. The van der Waals surface area contributed by atoms with Gasteiger partial charge in [-0.1, -0.05) is 109 Å². The highest BCUT2D eigenvalue weighted by Gasteiger charge is 2.20. The molecule has 46 heavy (non-hydrogen) atoms. The molecule has 0 bridgehead atoms. The van der Waals surface area contributed by atoms with E-state index < -0.39 is 0 Å². The summed E-state index contributed by atoms with van der Waals surface area (Å²) in [6.45, 7) is 2.95. The minimum atomic E-state index is 0.722. The molecule has 0 aliphatic carbocycles. The quantitative estimate of drug-likeness (QED) is 0.127. The van der Waals surface area contributed by atoms with E-state index in [9.17, 15) is 0 Å². The highest BCUT2D eigenvalue weighted by molar-refractivity contribution is 7.99. The molecule has 0 N–H and O–H groups in total. The van der Waals surface area contributed by atoms with E-state index >= 15 is 0 Å². The Morgan fingerprint density at radius 2 is 0.870 bits per heavy atom. The van der Waals surface area contributed by atoms with Gasteiger partial charge in [0.05, 0.1) is 24.5 Å². The molecule has 8 heteroatoms. The SMILES string of the molecule is C1=NN(Cc2cccc(CN3CN(c4ccccc4SCc4ccccc4)C=N3)c2)CN1c1ccccc1SCc1ccccc1. The second kappa shape index (κ2) is 14.6. The van der Waals surface area contributed by atoms with Gasteiger partial charge in [-0.05, 0) is 46.5 Å². The summed E-state index contributed by atoms with van der Waals surface area (Å²) in [6.07, 6.45) is 3.91. The number of thioether (sulfide) groups is 2. The van der Waals surface area contributed by atoms with Crippen molar-refractivity contribution in [2.75, 3.05) is 23.1 Å². The molecule has 0 atom stereocenters. The Morgan fingerprint density at radius 1 is 0.457 bits per heavy atom. The average molecular weight is 641 g/mol. The zero-order valence-electron chi connectivity index (χ0n) is 25.6. The predicted molar refractivity (Wildman–Crippen MR) is 194 cm³/mol. The minimum Gasteiger partial charge on any atom is -0.310 e. The van der Waals surface area contributed by atoms with Crippen LogP contribution in [0.5, 0.6) is 0 Å². The molecule has 2 aliphatic rings. The van der Waals surface area contributed by atoms with Gasteiger partial charge in [0, 0.05) is 21.3 Å². The fourth-order valence-corrected chi connectivity index (χ4v) is 7.62. The first-order valence-corrected chi connectivity index (χ1v) is 17.4. The van der Waals surface area contributed by atoms with Crippen LogP contribution in [0.15, 0.2) is 153 Å². The van der Waals surface area contributed by atoms with E-state index in [-0.39, 0.29) is 0 Å². The lowest BCUT2D eigenvalue weighted by Crippen LogP contribution is -2.27. The fourth-order valence-electron chi connectivity index (χ4n) is 5.58. The van der Waals surface area contributed by atoms with Crippen molar-refractivity contribution in [1.29, 1.82) is 0 Å². The smallest absolute Gasteiger partial charge is 0.117 e. The summed E-state index contributed by atoms with van der Waals surface area (Å²) < 4.78 is 0. The van der Waals surface area contributed by atoms with E-state index in [1.54, 1.807) is 0 Å². The van der Waals surface area contributed by atoms with Crippen molar-refractivity contribution >= 4 is 47.6 Å². The Labute approximate surface area is 280 Å². The molecule has 0 unspecified atom stereocenters. The Bertz CT molecular complexity index is 1670. The Kier molecular flexibility index (Phi) is 9.54. The van der Waals surface area contributed by atoms with Crippen molar-refractivity contribution in [1.82, 2.24) is 10.0 Å². The van der Waals surface area contributed by atoms with Crippen LogP contribution in [0.2, 0.25) is 0 Å². The lowest BCUT2D eigenvalue weighted by atomic mass is 10.1. The van der Waals surface area contributed by atoms with E-state index in [0.29, 0.717) is 0 Å². The van der Waals surface area contributed by atoms with Crippen molar-refractivity contribution in [3.8, 4) is 0 Å². The third-order valence-electron chi connectivity index (χ3n) is 7.89. The Morgan fingerprint density at radius 3 is 1.35 bits per heavy atom. The monoisotopic (exact) mass is 640 g/mol. The van der Waals surface area contributed by atoms with Crippen molar-refractivity contribution in [3.63, 3.8) is 0 Å². The van der Waals surface area contributed by atoms with Gasteiger partial charge >= 0.3 is 0 Å². The summed E-state index contributed by atoms with van der Waals surface area (Å²) in [4.78, 5) is 7.00. The first-order chi connectivity index (χ1) is 22.8. The number of rotatable bonds is 12. The molecule has 0 aromatic heterocycles. The molecule has 0 saturated heterocycles. The maximum Gasteiger partial charge on any atom is 0.117 e. The van der Waals surface area contributed by atoms with Crippen molar-refractivity contribution in [2.45, 2.75) is 34.4 Å². The summed E-state index contributed by atoms with van der Waals surface area (Å²) in [7, 11) is 0.